The highest BCUT2D eigenvalue weighted by Gasteiger charge is 2.50. The SMILES string of the molecule is C[N+]1(C)CC2CC1CN2c1cnc(-c2nn(Cc3ccccc3F)c3ncccc23)nc1.[Cl-]. The van der Waals surface area contributed by atoms with Crippen LogP contribution in [-0.2, 0) is 6.54 Å². The minimum Gasteiger partial charge on any atom is -1.00 e. The number of halogens is 2. The van der Waals surface area contributed by atoms with Crippen LogP contribution in [0, 0.1) is 5.82 Å². The van der Waals surface area contributed by atoms with Gasteiger partial charge in [0.2, 0.25) is 0 Å². The fraction of sp³-hybridized carbons (Fsp3) is 0.333. The molecule has 170 valence electrons. The van der Waals surface area contributed by atoms with E-state index in [0.717, 1.165) is 28.6 Å². The highest BCUT2D eigenvalue weighted by molar-refractivity contribution is 5.89. The first-order valence-corrected chi connectivity index (χ1v) is 11.0. The number of quaternary nitrogens is 1. The normalized spacial score (nSPS) is 20.9. The van der Waals surface area contributed by atoms with Crippen LogP contribution in [0.25, 0.3) is 22.6 Å². The summed E-state index contributed by atoms with van der Waals surface area (Å²) in [4.78, 5) is 16.3. The zero-order valence-electron chi connectivity index (χ0n) is 18.6. The molecule has 0 spiro atoms. The number of likely N-dealkylation sites (tertiary alicyclic amines) is 1. The van der Waals surface area contributed by atoms with E-state index in [9.17, 15) is 4.39 Å². The van der Waals surface area contributed by atoms with Crippen molar-refractivity contribution in [1.82, 2.24) is 24.7 Å². The number of anilines is 1. The second kappa shape index (κ2) is 8.04. The minimum atomic E-state index is -0.254. The molecule has 2 aliphatic heterocycles. The molecule has 5 heterocycles. The Morgan fingerprint density at radius 1 is 1.06 bits per heavy atom. The third kappa shape index (κ3) is 3.63. The average molecular weight is 466 g/mol. The molecule has 2 atom stereocenters. The van der Waals surface area contributed by atoms with E-state index in [1.165, 1.54) is 12.5 Å². The summed E-state index contributed by atoms with van der Waals surface area (Å²) in [5.74, 6) is 0.301. The van der Waals surface area contributed by atoms with E-state index >= 15 is 0 Å². The number of hydrogen-bond acceptors (Lipinski definition) is 5. The van der Waals surface area contributed by atoms with Gasteiger partial charge in [-0.1, -0.05) is 18.2 Å². The summed E-state index contributed by atoms with van der Waals surface area (Å²) in [7, 11) is 4.64. The Morgan fingerprint density at radius 3 is 2.55 bits per heavy atom. The van der Waals surface area contributed by atoms with Crippen LogP contribution in [0.5, 0.6) is 0 Å². The Kier molecular flexibility index (Phi) is 5.29. The van der Waals surface area contributed by atoms with Crippen LogP contribution in [0.4, 0.5) is 10.1 Å². The molecule has 3 aromatic heterocycles. The van der Waals surface area contributed by atoms with E-state index in [1.807, 2.05) is 30.6 Å². The summed E-state index contributed by atoms with van der Waals surface area (Å²) in [6.07, 6.45) is 6.76. The van der Waals surface area contributed by atoms with E-state index in [2.05, 4.69) is 33.9 Å². The van der Waals surface area contributed by atoms with Crippen molar-refractivity contribution >= 4 is 16.7 Å². The van der Waals surface area contributed by atoms with Crippen LogP contribution in [0.15, 0.2) is 55.0 Å². The first-order valence-electron chi connectivity index (χ1n) is 11.0. The molecule has 2 aliphatic rings. The molecule has 9 heteroatoms. The summed E-state index contributed by atoms with van der Waals surface area (Å²) in [5, 5.41) is 5.58. The Hall–Kier alpha value is -3.10. The first kappa shape index (κ1) is 21.7. The zero-order chi connectivity index (χ0) is 21.9. The molecule has 7 nitrogen and oxygen atoms in total. The van der Waals surface area contributed by atoms with E-state index in [0.29, 0.717) is 41.4 Å². The minimum absolute atomic E-state index is 0. The van der Waals surface area contributed by atoms with E-state index in [4.69, 9.17) is 5.10 Å². The molecule has 0 aliphatic carbocycles. The molecule has 0 saturated carbocycles. The summed E-state index contributed by atoms with van der Waals surface area (Å²) >= 11 is 0. The summed E-state index contributed by atoms with van der Waals surface area (Å²) in [5.41, 5.74) is 2.98. The molecular formula is C24H25ClFN7. The number of hydrogen-bond donors (Lipinski definition) is 0. The van der Waals surface area contributed by atoms with Crippen molar-refractivity contribution in [3.8, 4) is 11.5 Å². The van der Waals surface area contributed by atoms with Gasteiger partial charge in [0.1, 0.15) is 17.6 Å². The van der Waals surface area contributed by atoms with Crippen molar-refractivity contribution in [3.63, 3.8) is 0 Å². The molecule has 1 aromatic carbocycles. The van der Waals surface area contributed by atoms with Gasteiger partial charge in [-0.05, 0) is 18.2 Å². The lowest BCUT2D eigenvalue weighted by atomic mass is 10.2. The Labute approximate surface area is 197 Å². The summed E-state index contributed by atoms with van der Waals surface area (Å²) in [6, 6.07) is 11.8. The quantitative estimate of drug-likeness (QED) is 0.401. The lowest BCUT2D eigenvalue weighted by Gasteiger charge is -2.39. The maximum absolute atomic E-state index is 14.2. The van der Waals surface area contributed by atoms with Gasteiger partial charge >= 0.3 is 0 Å². The smallest absolute Gasteiger partial charge is 0.180 e. The number of rotatable bonds is 4. The number of piperazine rings is 1. The third-order valence-corrected chi connectivity index (χ3v) is 7.03. The molecular weight excluding hydrogens is 441 g/mol. The zero-order valence-corrected chi connectivity index (χ0v) is 19.3. The van der Waals surface area contributed by atoms with Crippen LogP contribution < -0.4 is 17.3 Å². The fourth-order valence-corrected chi connectivity index (χ4v) is 5.24. The van der Waals surface area contributed by atoms with Crippen LogP contribution >= 0.6 is 0 Å². The molecule has 33 heavy (non-hydrogen) atoms. The van der Waals surface area contributed by atoms with Crippen molar-refractivity contribution in [3.05, 3.63) is 66.4 Å². The Bertz CT molecular complexity index is 1300. The summed E-state index contributed by atoms with van der Waals surface area (Å²) < 4.78 is 17.0. The molecule has 6 rings (SSSR count). The summed E-state index contributed by atoms with van der Waals surface area (Å²) in [6.45, 7) is 2.50. The van der Waals surface area contributed by atoms with Crippen LogP contribution in [0.3, 0.4) is 0 Å². The van der Waals surface area contributed by atoms with Gasteiger partial charge < -0.3 is 21.8 Å². The molecule has 2 fully saturated rings. The maximum atomic E-state index is 14.2. The van der Waals surface area contributed by atoms with Crippen molar-refractivity contribution in [2.24, 2.45) is 0 Å². The average Bonchev–Trinajstić information content (AvgIpc) is 3.46. The molecule has 2 bridgehead atoms. The Morgan fingerprint density at radius 2 is 1.85 bits per heavy atom. The van der Waals surface area contributed by atoms with E-state index in [-0.39, 0.29) is 18.2 Å². The van der Waals surface area contributed by atoms with E-state index in [1.54, 1.807) is 23.0 Å². The first-order chi connectivity index (χ1) is 15.5. The van der Waals surface area contributed by atoms with Crippen molar-refractivity contribution < 1.29 is 21.3 Å². The van der Waals surface area contributed by atoms with Crippen LogP contribution in [0.2, 0.25) is 0 Å². The number of fused-ring (bicyclic) bond motifs is 3. The predicted octanol–water partition coefficient (Wildman–Crippen LogP) is 0.117. The monoisotopic (exact) mass is 465 g/mol. The van der Waals surface area contributed by atoms with Crippen LogP contribution in [0.1, 0.15) is 12.0 Å². The lowest BCUT2D eigenvalue weighted by Crippen LogP contribution is -3.00. The van der Waals surface area contributed by atoms with Gasteiger partial charge in [0.15, 0.2) is 11.5 Å². The molecule has 0 radical (unpaired) electrons. The highest BCUT2D eigenvalue weighted by Crippen LogP contribution is 2.37. The second-order valence-electron chi connectivity index (χ2n) is 9.39. The topological polar surface area (TPSA) is 59.7 Å². The molecule has 2 saturated heterocycles. The van der Waals surface area contributed by atoms with Gasteiger partial charge in [0, 0.05) is 18.2 Å². The number of nitrogens with zero attached hydrogens (tertiary/aromatic N) is 7. The third-order valence-electron chi connectivity index (χ3n) is 7.03. The fourth-order valence-electron chi connectivity index (χ4n) is 5.24. The van der Waals surface area contributed by atoms with Gasteiger partial charge in [-0.25, -0.2) is 24.0 Å². The van der Waals surface area contributed by atoms with Gasteiger partial charge in [-0.2, -0.15) is 5.10 Å². The molecule has 0 N–H and O–H groups in total. The van der Waals surface area contributed by atoms with Crippen molar-refractivity contribution in [2.75, 3.05) is 32.1 Å². The maximum Gasteiger partial charge on any atom is 0.180 e. The van der Waals surface area contributed by atoms with Gasteiger partial charge in [-0.3, -0.25) is 0 Å². The number of aromatic nitrogens is 5. The Balaban J connectivity index is 0.00000228. The molecule has 4 aromatic rings. The van der Waals surface area contributed by atoms with Gasteiger partial charge in [-0.15, -0.1) is 0 Å². The predicted molar refractivity (Wildman–Crippen MR) is 121 cm³/mol. The number of likely N-dealkylation sites (N-methyl/N-ethyl adjacent to an activating group) is 1. The van der Waals surface area contributed by atoms with Crippen molar-refractivity contribution in [2.45, 2.75) is 25.0 Å². The number of pyridine rings is 1. The second-order valence-corrected chi connectivity index (χ2v) is 9.39. The van der Waals surface area contributed by atoms with E-state index < -0.39 is 0 Å². The van der Waals surface area contributed by atoms with Crippen molar-refractivity contribution in [1.29, 1.82) is 0 Å². The van der Waals surface area contributed by atoms with Gasteiger partial charge in [0.25, 0.3) is 0 Å². The standard InChI is InChI=1S/C24H25FN7.ClH/c1-32(2)15-17-10-19(32)14-30(17)18-11-27-23(28-12-18)22-20-7-5-9-26-24(20)31(29-22)13-16-6-3-4-8-21(16)25;/h3-9,11-12,17,19H,10,13-15H2,1-2H3;1H/q+1;/p-1. The largest absolute Gasteiger partial charge is 1.00 e. The highest BCUT2D eigenvalue weighted by atomic mass is 35.5. The lowest BCUT2D eigenvalue weighted by molar-refractivity contribution is -0.903. The molecule has 0 amide bonds. The molecule has 2 unspecified atom stereocenters. The van der Waals surface area contributed by atoms with Crippen LogP contribution in [-0.4, -0.2) is 68.5 Å². The van der Waals surface area contributed by atoms with Gasteiger partial charge in [0.05, 0.1) is 63.2 Å². The number of benzene rings is 1.